The van der Waals surface area contributed by atoms with Crippen LogP contribution in [0.25, 0.3) is 0 Å². The molecule has 1 saturated heterocycles. The first-order valence-electron chi connectivity index (χ1n) is 9.52. The Hall–Kier alpha value is -2.18. The molecular weight excluding hydrogens is 360 g/mol. The van der Waals surface area contributed by atoms with Crippen LogP contribution in [0.1, 0.15) is 30.4 Å². The van der Waals surface area contributed by atoms with E-state index in [1.807, 2.05) is 42.5 Å². The summed E-state index contributed by atoms with van der Waals surface area (Å²) in [6, 6.07) is 14.8. The van der Waals surface area contributed by atoms with Gasteiger partial charge in [-0.15, -0.1) is 0 Å². The third-order valence-electron chi connectivity index (χ3n) is 5.50. The smallest absolute Gasteiger partial charge is 0.243 e. The van der Waals surface area contributed by atoms with Gasteiger partial charge in [0.05, 0.1) is 10.8 Å². The van der Waals surface area contributed by atoms with Crippen molar-refractivity contribution in [2.75, 3.05) is 18.4 Å². The number of aryl methyl sites for hydroxylation is 2. The molecule has 1 N–H and O–H groups in total. The Balaban J connectivity index is 1.49. The van der Waals surface area contributed by atoms with Crippen LogP contribution in [-0.2, 0) is 27.7 Å². The molecule has 1 heterocycles. The minimum atomic E-state index is -3.57. The van der Waals surface area contributed by atoms with Gasteiger partial charge in [-0.25, -0.2) is 8.42 Å². The van der Waals surface area contributed by atoms with E-state index in [1.165, 1.54) is 9.87 Å². The summed E-state index contributed by atoms with van der Waals surface area (Å²) in [5.74, 6) is -0.446. The standard InChI is InChI=1S/C21H24N2O3S/c24-21(22-19-9-2-1-3-10-19)18-8-5-13-23(15-18)27(25,26)20-12-11-16-6-4-7-17(16)14-20/h1-3,9-12,14,18H,4-8,13,15H2,(H,22,24). The lowest BCUT2D eigenvalue weighted by Gasteiger charge is -2.31. The molecule has 5 nitrogen and oxygen atoms in total. The Morgan fingerprint density at radius 3 is 2.59 bits per heavy atom. The van der Waals surface area contributed by atoms with Crippen LogP contribution < -0.4 is 5.32 Å². The SMILES string of the molecule is O=C(Nc1ccccc1)C1CCCN(S(=O)(=O)c2ccc3c(c2)CCC3)C1. The number of amides is 1. The van der Waals surface area contributed by atoms with E-state index in [0.29, 0.717) is 24.3 Å². The lowest BCUT2D eigenvalue weighted by atomic mass is 9.99. The maximum atomic E-state index is 13.1. The molecule has 1 fully saturated rings. The molecule has 1 amide bonds. The van der Waals surface area contributed by atoms with Gasteiger partial charge in [-0.05, 0) is 67.5 Å². The predicted octanol–water partition coefficient (Wildman–Crippen LogP) is 3.21. The number of nitrogens with one attached hydrogen (secondary N) is 1. The van der Waals surface area contributed by atoms with Crippen molar-refractivity contribution >= 4 is 21.6 Å². The van der Waals surface area contributed by atoms with Gasteiger partial charge >= 0.3 is 0 Å². The molecule has 2 aromatic carbocycles. The molecule has 4 rings (SSSR count). The topological polar surface area (TPSA) is 66.5 Å². The molecule has 1 aliphatic heterocycles. The van der Waals surface area contributed by atoms with Crippen LogP contribution in [0.3, 0.4) is 0 Å². The summed E-state index contributed by atoms with van der Waals surface area (Å²) in [6.45, 7) is 0.701. The summed E-state index contributed by atoms with van der Waals surface area (Å²) in [7, 11) is -3.57. The molecule has 0 spiro atoms. The Kier molecular flexibility index (Phi) is 5.02. The highest BCUT2D eigenvalue weighted by Crippen LogP contribution is 2.29. The second-order valence-corrected chi connectivity index (χ2v) is 9.28. The summed E-state index contributed by atoms with van der Waals surface area (Å²) in [6.07, 6.45) is 4.46. The number of nitrogens with zero attached hydrogens (tertiary/aromatic N) is 1. The highest BCUT2D eigenvalue weighted by atomic mass is 32.2. The average Bonchev–Trinajstić information content (AvgIpc) is 3.17. The fraction of sp³-hybridized carbons (Fsp3) is 0.381. The van der Waals surface area contributed by atoms with Gasteiger partial charge in [-0.1, -0.05) is 24.3 Å². The predicted molar refractivity (Wildman–Crippen MR) is 105 cm³/mol. The number of sulfonamides is 1. The van der Waals surface area contributed by atoms with Crippen LogP contribution in [0.5, 0.6) is 0 Å². The molecule has 2 aliphatic rings. The van der Waals surface area contributed by atoms with Gasteiger partial charge in [-0.2, -0.15) is 4.31 Å². The van der Waals surface area contributed by atoms with Crippen molar-refractivity contribution in [3.05, 3.63) is 59.7 Å². The normalized spacial score (nSPS) is 20.2. The second kappa shape index (κ2) is 7.44. The fourth-order valence-electron chi connectivity index (χ4n) is 4.00. The summed E-state index contributed by atoms with van der Waals surface area (Å²) in [4.78, 5) is 13.0. The van der Waals surface area contributed by atoms with Gasteiger partial charge < -0.3 is 5.32 Å². The molecule has 142 valence electrons. The van der Waals surface area contributed by atoms with Gasteiger partial charge in [0.1, 0.15) is 0 Å². The van der Waals surface area contributed by atoms with E-state index in [2.05, 4.69) is 5.32 Å². The Labute approximate surface area is 160 Å². The first-order chi connectivity index (χ1) is 13.0. The second-order valence-electron chi connectivity index (χ2n) is 7.34. The van der Waals surface area contributed by atoms with Crippen molar-refractivity contribution in [3.63, 3.8) is 0 Å². The molecule has 6 heteroatoms. The zero-order chi connectivity index (χ0) is 18.9. The molecule has 1 aliphatic carbocycles. The molecule has 0 radical (unpaired) electrons. The Bertz CT molecular complexity index is 941. The number of carbonyl (C=O) groups is 1. The highest BCUT2D eigenvalue weighted by Gasteiger charge is 2.33. The largest absolute Gasteiger partial charge is 0.326 e. The van der Waals surface area contributed by atoms with Crippen LogP contribution in [-0.4, -0.2) is 31.7 Å². The van der Waals surface area contributed by atoms with Gasteiger partial charge in [0.2, 0.25) is 15.9 Å². The van der Waals surface area contributed by atoms with E-state index in [1.54, 1.807) is 6.07 Å². The van der Waals surface area contributed by atoms with E-state index < -0.39 is 10.0 Å². The summed E-state index contributed by atoms with van der Waals surface area (Å²) in [5.41, 5.74) is 3.14. The lowest BCUT2D eigenvalue weighted by Crippen LogP contribution is -2.43. The van der Waals surface area contributed by atoms with Gasteiger partial charge in [-0.3, -0.25) is 4.79 Å². The Morgan fingerprint density at radius 1 is 1.00 bits per heavy atom. The van der Waals surface area contributed by atoms with E-state index >= 15 is 0 Å². The van der Waals surface area contributed by atoms with Crippen molar-refractivity contribution in [3.8, 4) is 0 Å². The van der Waals surface area contributed by atoms with E-state index in [-0.39, 0.29) is 18.4 Å². The molecule has 1 atom stereocenters. The summed E-state index contributed by atoms with van der Waals surface area (Å²) in [5, 5.41) is 2.90. The zero-order valence-corrected chi connectivity index (χ0v) is 16.0. The summed E-state index contributed by atoms with van der Waals surface area (Å²) < 4.78 is 27.7. The first-order valence-corrected chi connectivity index (χ1v) is 11.0. The molecule has 0 saturated carbocycles. The minimum Gasteiger partial charge on any atom is -0.326 e. The van der Waals surface area contributed by atoms with E-state index in [9.17, 15) is 13.2 Å². The van der Waals surface area contributed by atoms with Crippen LogP contribution in [0.4, 0.5) is 5.69 Å². The maximum Gasteiger partial charge on any atom is 0.243 e. The van der Waals surface area contributed by atoms with Crippen molar-refractivity contribution < 1.29 is 13.2 Å². The average molecular weight is 385 g/mol. The monoisotopic (exact) mass is 384 g/mol. The molecule has 1 unspecified atom stereocenters. The molecule has 27 heavy (non-hydrogen) atoms. The number of para-hydroxylation sites is 1. The third-order valence-corrected chi connectivity index (χ3v) is 7.37. The van der Waals surface area contributed by atoms with Crippen LogP contribution in [0.2, 0.25) is 0 Å². The fourth-order valence-corrected chi connectivity index (χ4v) is 5.57. The van der Waals surface area contributed by atoms with Crippen LogP contribution >= 0.6 is 0 Å². The van der Waals surface area contributed by atoms with Gasteiger partial charge in [0, 0.05) is 18.8 Å². The Morgan fingerprint density at radius 2 is 1.78 bits per heavy atom. The van der Waals surface area contributed by atoms with Crippen molar-refractivity contribution in [1.29, 1.82) is 0 Å². The number of rotatable bonds is 4. The lowest BCUT2D eigenvalue weighted by molar-refractivity contribution is -0.120. The number of fused-ring (bicyclic) bond motifs is 1. The third kappa shape index (κ3) is 3.77. The summed E-state index contributed by atoms with van der Waals surface area (Å²) >= 11 is 0. The molecule has 2 aromatic rings. The van der Waals surface area contributed by atoms with Crippen LogP contribution in [0, 0.1) is 5.92 Å². The number of hydrogen-bond donors (Lipinski definition) is 1. The van der Waals surface area contributed by atoms with Gasteiger partial charge in [0.25, 0.3) is 0 Å². The van der Waals surface area contributed by atoms with Crippen molar-refractivity contribution in [2.45, 2.75) is 37.0 Å². The first kappa shape index (κ1) is 18.2. The van der Waals surface area contributed by atoms with Crippen molar-refractivity contribution in [2.24, 2.45) is 5.92 Å². The number of benzene rings is 2. The molecule has 0 aromatic heterocycles. The number of carbonyl (C=O) groups excluding carboxylic acids is 1. The van der Waals surface area contributed by atoms with Gasteiger partial charge in [0.15, 0.2) is 0 Å². The quantitative estimate of drug-likeness (QED) is 0.880. The highest BCUT2D eigenvalue weighted by molar-refractivity contribution is 7.89. The number of hydrogen-bond acceptors (Lipinski definition) is 3. The van der Waals surface area contributed by atoms with E-state index in [0.717, 1.165) is 30.5 Å². The van der Waals surface area contributed by atoms with E-state index in [4.69, 9.17) is 0 Å². The molecular formula is C21H24N2O3S. The zero-order valence-electron chi connectivity index (χ0n) is 15.2. The van der Waals surface area contributed by atoms with Crippen molar-refractivity contribution in [1.82, 2.24) is 4.31 Å². The molecule has 0 bridgehead atoms. The maximum absolute atomic E-state index is 13.1. The van der Waals surface area contributed by atoms with Crippen LogP contribution in [0.15, 0.2) is 53.4 Å². The number of piperidine rings is 1. The minimum absolute atomic E-state index is 0.116. The number of anilines is 1.